The van der Waals surface area contributed by atoms with E-state index in [-0.39, 0.29) is 24.5 Å². The van der Waals surface area contributed by atoms with Gasteiger partial charge in [-0.15, -0.1) is 0 Å². The van der Waals surface area contributed by atoms with Crippen LogP contribution in [0.5, 0.6) is 0 Å². The van der Waals surface area contributed by atoms with Crippen molar-refractivity contribution in [2.24, 2.45) is 5.92 Å². The van der Waals surface area contributed by atoms with Gasteiger partial charge in [0.1, 0.15) is 0 Å². The predicted molar refractivity (Wildman–Crippen MR) is 116 cm³/mol. The van der Waals surface area contributed by atoms with Crippen molar-refractivity contribution in [3.63, 3.8) is 0 Å². The van der Waals surface area contributed by atoms with Gasteiger partial charge in [0.15, 0.2) is 6.61 Å². The van der Waals surface area contributed by atoms with Crippen LogP contribution in [0.25, 0.3) is 10.8 Å². The van der Waals surface area contributed by atoms with Crippen molar-refractivity contribution < 1.29 is 14.3 Å². The van der Waals surface area contributed by atoms with Crippen molar-refractivity contribution in [1.82, 2.24) is 15.1 Å². The van der Waals surface area contributed by atoms with Crippen LogP contribution < -0.4 is 5.56 Å². The lowest BCUT2D eigenvalue weighted by molar-refractivity contribution is -0.152. The van der Waals surface area contributed by atoms with Crippen molar-refractivity contribution in [1.29, 1.82) is 0 Å². The maximum Gasteiger partial charge on any atom is 0.312 e. The second kappa shape index (κ2) is 9.55. The molecule has 0 saturated carbocycles. The molecule has 0 bridgehead atoms. The zero-order valence-corrected chi connectivity index (χ0v) is 17.3. The number of aromatic nitrogens is 2. The number of amides is 1. The molecule has 1 aliphatic rings. The highest BCUT2D eigenvalue weighted by atomic mass is 16.5. The zero-order chi connectivity index (χ0) is 21.6. The van der Waals surface area contributed by atoms with Crippen molar-refractivity contribution in [2.75, 3.05) is 19.7 Å². The van der Waals surface area contributed by atoms with Crippen LogP contribution in [0.4, 0.5) is 0 Å². The number of H-pyrrole nitrogens is 1. The van der Waals surface area contributed by atoms with Gasteiger partial charge in [-0.2, -0.15) is 5.10 Å². The first-order chi connectivity index (χ1) is 15.1. The van der Waals surface area contributed by atoms with Crippen LogP contribution in [0.2, 0.25) is 0 Å². The molecule has 1 amide bonds. The maximum atomic E-state index is 12.5. The molecule has 0 radical (unpaired) electrons. The molecular weight excluding hydrogens is 394 g/mol. The summed E-state index contributed by atoms with van der Waals surface area (Å²) < 4.78 is 5.20. The molecule has 1 N–H and O–H groups in total. The summed E-state index contributed by atoms with van der Waals surface area (Å²) in [4.78, 5) is 38.3. The molecule has 7 nitrogen and oxygen atoms in total. The minimum Gasteiger partial charge on any atom is -0.455 e. The standard InChI is InChI=1S/C24H25N3O4/c28-22(27-12-10-18(11-13-27)14-17-6-2-1-3-7-17)16-31-23(29)15-21-19-8-4-5-9-20(19)24(30)26-25-21/h1-9,18H,10-16H2,(H,26,30). The molecule has 1 aromatic heterocycles. The van der Waals surface area contributed by atoms with E-state index in [9.17, 15) is 14.4 Å². The fourth-order valence-electron chi connectivity index (χ4n) is 4.06. The van der Waals surface area contributed by atoms with E-state index in [0.717, 1.165) is 19.3 Å². The van der Waals surface area contributed by atoms with Crippen LogP contribution in [0.15, 0.2) is 59.4 Å². The van der Waals surface area contributed by atoms with E-state index in [0.29, 0.717) is 35.5 Å². The van der Waals surface area contributed by atoms with Gasteiger partial charge >= 0.3 is 5.97 Å². The third-order valence-corrected chi connectivity index (χ3v) is 5.78. The first kappa shape index (κ1) is 20.8. The number of rotatable bonds is 6. The largest absolute Gasteiger partial charge is 0.455 e. The third-order valence-electron chi connectivity index (χ3n) is 5.78. The van der Waals surface area contributed by atoms with Gasteiger partial charge < -0.3 is 9.64 Å². The minimum atomic E-state index is -0.544. The number of hydrogen-bond acceptors (Lipinski definition) is 5. The van der Waals surface area contributed by atoms with Crippen LogP contribution in [0.3, 0.4) is 0 Å². The number of likely N-dealkylation sites (tertiary alicyclic amines) is 1. The van der Waals surface area contributed by atoms with E-state index in [1.54, 1.807) is 29.2 Å². The van der Waals surface area contributed by atoms with Gasteiger partial charge in [0.2, 0.25) is 0 Å². The van der Waals surface area contributed by atoms with Gasteiger partial charge in [0.25, 0.3) is 11.5 Å². The quantitative estimate of drug-likeness (QED) is 0.620. The highest BCUT2D eigenvalue weighted by Crippen LogP contribution is 2.21. The number of ether oxygens (including phenoxy) is 1. The molecule has 1 saturated heterocycles. The summed E-state index contributed by atoms with van der Waals surface area (Å²) in [6.07, 6.45) is 2.81. The van der Waals surface area contributed by atoms with E-state index >= 15 is 0 Å². The Morgan fingerprint density at radius 1 is 1.00 bits per heavy atom. The highest BCUT2D eigenvalue weighted by Gasteiger charge is 2.24. The number of nitrogens with one attached hydrogen (secondary N) is 1. The van der Waals surface area contributed by atoms with Gasteiger partial charge in [0, 0.05) is 18.5 Å². The van der Waals surface area contributed by atoms with Crippen molar-refractivity contribution in [3.05, 3.63) is 76.2 Å². The van der Waals surface area contributed by atoms with Gasteiger partial charge in [-0.1, -0.05) is 48.5 Å². The summed E-state index contributed by atoms with van der Waals surface area (Å²) in [5.74, 6) is -0.156. The number of nitrogens with zero attached hydrogens (tertiary/aromatic N) is 2. The predicted octanol–water partition coefficient (Wildman–Crippen LogP) is 2.49. The average Bonchev–Trinajstić information content (AvgIpc) is 2.81. The van der Waals surface area contributed by atoms with Crippen LogP contribution in [0.1, 0.15) is 24.1 Å². The van der Waals surface area contributed by atoms with Gasteiger partial charge in [-0.05, 0) is 36.8 Å². The van der Waals surface area contributed by atoms with E-state index in [1.807, 2.05) is 18.2 Å². The number of piperidine rings is 1. The summed E-state index contributed by atoms with van der Waals surface area (Å²) in [6, 6.07) is 17.3. The molecule has 3 aromatic rings. The van der Waals surface area contributed by atoms with Crippen molar-refractivity contribution in [2.45, 2.75) is 25.7 Å². The van der Waals surface area contributed by atoms with E-state index in [4.69, 9.17) is 4.74 Å². The fourth-order valence-corrected chi connectivity index (χ4v) is 4.06. The zero-order valence-electron chi connectivity index (χ0n) is 17.3. The summed E-state index contributed by atoms with van der Waals surface area (Å²) in [5, 5.41) is 7.44. The molecule has 0 unspecified atom stereocenters. The Bertz CT molecular complexity index is 1120. The molecule has 4 rings (SSSR count). The third kappa shape index (κ3) is 5.17. The molecule has 7 heteroatoms. The topological polar surface area (TPSA) is 92.4 Å². The molecule has 2 heterocycles. The van der Waals surface area contributed by atoms with Gasteiger partial charge in [-0.3, -0.25) is 14.4 Å². The smallest absolute Gasteiger partial charge is 0.312 e. The number of hydrogen-bond donors (Lipinski definition) is 1. The Balaban J connectivity index is 1.25. The lowest BCUT2D eigenvalue weighted by atomic mass is 9.90. The molecule has 160 valence electrons. The highest BCUT2D eigenvalue weighted by molar-refractivity contribution is 5.87. The van der Waals surface area contributed by atoms with Gasteiger partial charge in [-0.25, -0.2) is 5.10 Å². The Morgan fingerprint density at radius 2 is 1.68 bits per heavy atom. The normalized spacial score (nSPS) is 14.5. The number of aromatic amines is 1. The molecule has 1 aliphatic heterocycles. The molecule has 0 atom stereocenters. The first-order valence-electron chi connectivity index (χ1n) is 10.5. The van der Waals surface area contributed by atoms with E-state index in [1.165, 1.54) is 5.56 Å². The number of carbonyl (C=O) groups is 2. The number of fused-ring (bicyclic) bond motifs is 1. The molecule has 0 spiro atoms. The number of benzene rings is 2. The molecule has 0 aliphatic carbocycles. The molecule has 2 aromatic carbocycles. The van der Waals surface area contributed by atoms with E-state index < -0.39 is 5.97 Å². The van der Waals surface area contributed by atoms with Crippen LogP contribution in [-0.4, -0.2) is 46.7 Å². The molecule has 1 fully saturated rings. The molecular formula is C24H25N3O4. The Hall–Kier alpha value is -3.48. The fraction of sp³-hybridized carbons (Fsp3) is 0.333. The maximum absolute atomic E-state index is 12.5. The summed E-state index contributed by atoms with van der Waals surface area (Å²) >= 11 is 0. The van der Waals surface area contributed by atoms with Crippen molar-refractivity contribution in [3.8, 4) is 0 Å². The minimum absolute atomic E-state index is 0.107. The summed E-state index contributed by atoms with van der Waals surface area (Å²) in [6.45, 7) is 1.09. The summed E-state index contributed by atoms with van der Waals surface area (Å²) in [5.41, 5.74) is 1.44. The first-order valence-corrected chi connectivity index (χ1v) is 10.5. The Labute approximate surface area is 180 Å². The van der Waals surface area contributed by atoms with Crippen LogP contribution in [-0.2, 0) is 27.2 Å². The average molecular weight is 419 g/mol. The Kier molecular flexibility index (Phi) is 6.40. The van der Waals surface area contributed by atoms with E-state index in [2.05, 4.69) is 22.3 Å². The SMILES string of the molecule is O=C(Cc1n[nH]c(=O)c2ccccc12)OCC(=O)N1CCC(Cc2ccccc2)CC1. The van der Waals surface area contributed by atoms with Crippen LogP contribution in [0, 0.1) is 5.92 Å². The monoisotopic (exact) mass is 419 g/mol. The Morgan fingerprint density at radius 3 is 2.42 bits per heavy atom. The van der Waals surface area contributed by atoms with Crippen LogP contribution >= 0.6 is 0 Å². The number of esters is 1. The van der Waals surface area contributed by atoms with Crippen molar-refractivity contribution >= 4 is 22.6 Å². The lowest BCUT2D eigenvalue weighted by Gasteiger charge is -2.32. The lowest BCUT2D eigenvalue weighted by Crippen LogP contribution is -2.41. The number of carbonyl (C=O) groups excluding carboxylic acids is 2. The second-order valence-corrected chi connectivity index (χ2v) is 7.90. The van der Waals surface area contributed by atoms with Gasteiger partial charge in [0.05, 0.1) is 17.5 Å². The summed E-state index contributed by atoms with van der Waals surface area (Å²) in [7, 11) is 0. The molecule has 31 heavy (non-hydrogen) atoms. The second-order valence-electron chi connectivity index (χ2n) is 7.90.